The molecule has 27 heavy (non-hydrogen) atoms. The summed E-state index contributed by atoms with van der Waals surface area (Å²) in [6, 6.07) is 6.04. The standard InChI is InChI=1S/C22H30N2O3/c1-2-23-12-6-9-19(23)15-24(14-17-7-4-3-5-8-17)22(25)18-10-11-20-21(13-18)27-16-26-20/h3-4,10-11,13,17,19H,2,5-9,12,14-16H2,1H3/t17-,19+/m0/s1. The number of allylic oxidation sites excluding steroid dienone is 2. The number of ether oxygens (including phenoxy) is 2. The Bertz CT molecular complexity index is 703. The average Bonchev–Trinajstić information content (AvgIpc) is 3.36. The smallest absolute Gasteiger partial charge is 0.254 e. The summed E-state index contributed by atoms with van der Waals surface area (Å²) >= 11 is 0. The highest BCUT2D eigenvalue weighted by Crippen LogP contribution is 2.33. The van der Waals surface area contributed by atoms with Gasteiger partial charge in [-0.05, 0) is 69.3 Å². The number of nitrogens with zero attached hydrogens (tertiary/aromatic N) is 2. The molecule has 1 fully saturated rings. The van der Waals surface area contributed by atoms with Crippen LogP contribution in [0.15, 0.2) is 30.4 Å². The topological polar surface area (TPSA) is 42.0 Å². The van der Waals surface area contributed by atoms with Crippen LogP contribution in [0.3, 0.4) is 0 Å². The second-order valence-corrected chi connectivity index (χ2v) is 7.85. The van der Waals surface area contributed by atoms with E-state index in [-0.39, 0.29) is 12.7 Å². The molecule has 2 atom stereocenters. The van der Waals surface area contributed by atoms with Crippen molar-refractivity contribution in [2.45, 2.75) is 45.1 Å². The van der Waals surface area contributed by atoms with E-state index in [9.17, 15) is 4.79 Å². The maximum atomic E-state index is 13.4. The second-order valence-electron chi connectivity index (χ2n) is 7.85. The number of hydrogen-bond acceptors (Lipinski definition) is 4. The van der Waals surface area contributed by atoms with Crippen molar-refractivity contribution in [2.75, 3.05) is 33.0 Å². The molecule has 2 heterocycles. The third kappa shape index (κ3) is 4.13. The fourth-order valence-electron chi connectivity index (χ4n) is 4.56. The van der Waals surface area contributed by atoms with Crippen LogP contribution in [-0.4, -0.2) is 54.7 Å². The van der Waals surface area contributed by atoms with Crippen molar-refractivity contribution in [1.82, 2.24) is 9.80 Å². The summed E-state index contributed by atoms with van der Waals surface area (Å²) in [5, 5.41) is 0. The molecule has 2 aliphatic heterocycles. The van der Waals surface area contributed by atoms with Gasteiger partial charge in [0.1, 0.15) is 0 Å². The Labute approximate surface area is 161 Å². The third-order valence-corrected chi connectivity index (χ3v) is 6.10. The second kappa shape index (κ2) is 8.34. The van der Waals surface area contributed by atoms with Crippen molar-refractivity contribution < 1.29 is 14.3 Å². The van der Waals surface area contributed by atoms with Gasteiger partial charge in [-0.1, -0.05) is 19.1 Å². The predicted octanol–water partition coefficient (Wildman–Crippen LogP) is 3.70. The van der Waals surface area contributed by atoms with Gasteiger partial charge in [0.15, 0.2) is 11.5 Å². The highest BCUT2D eigenvalue weighted by molar-refractivity contribution is 5.95. The van der Waals surface area contributed by atoms with Gasteiger partial charge >= 0.3 is 0 Å². The van der Waals surface area contributed by atoms with E-state index in [0.29, 0.717) is 23.3 Å². The van der Waals surface area contributed by atoms with E-state index in [4.69, 9.17) is 9.47 Å². The van der Waals surface area contributed by atoms with Gasteiger partial charge in [0.05, 0.1) is 0 Å². The van der Waals surface area contributed by atoms with Crippen molar-refractivity contribution in [3.63, 3.8) is 0 Å². The first-order chi connectivity index (χ1) is 13.2. The Hall–Kier alpha value is -2.01. The lowest BCUT2D eigenvalue weighted by molar-refractivity contribution is 0.0670. The van der Waals surface area contributed by atoms with Crippen LogP contribution in [0.4, 0.5) is 0 Å². The molecule has 5 nitrogen and oxygen atoms in total. The molecule has 1 aromatic carbocycles. The van der Waals surface area contributed by atoms with Crippen LogP contribution in [0.1, 0.15) is 49.4 Å². The number of likely N-dealkylation sites (N-methyl/N-ethyl adjacent to an activating group) is 1. The zero-order chi connectivity index (χ0) is 18.6. The van der Waals surface area contributed by atoms with Gasteiger partial charge in [-0.3, -0.25) is 9.69 Å². The molecular weight excluding hydrogens is 340 g/mol. The Kier molecular flexibility index (Phi) is 5.67. The number of amides is 1. The summed E-state index contributed by atoms with van der Waals surface area (Å²) in [5.74, 6) is 2.08. The van der Waals surface area contributed by atoms with Crippen LogP contribution in [0.25, 0.3) is 0 Å². The van der Waals surface area contributed by atoms with Crippen molar-refractivity contribution in [1.29, 1.82) is 0 Å². The molecule has 1 amide bonds. The minimum atomic E-state index is 0.116. The van der Waals surface area contributed by atoms with E-state index in [1.54, 1.807) is 0 Å². The lowest BCUT2D eigenvalue weighted by atomic mass is 9.93. The average molecular weight is 370 g/mol. The predicted molar refractivity (Wildman–Crippen MR) is 105 cm³/mol. The van der Waals surface area contributed by atoms with Gasteiger partial charge in [0.25, 0.3) is 5.91 Å². The van der Waals surface area contributed by atoms with Crippen molar-refractivity contribution >= 4 is 5.91 Å². The van der Waals surface area contributed by atoms with E-state index in [1.165, 1.54) is 19.3 Å². The first kappa shape index (κ1) is 18.4. The van der Waals surface area contributed by atoms with Gasteiger partial charge in [-0.2, -0.15) is 0 Å². The number of hydrogen-bond donors (Lipinski definition) is 0. The van der Waals surface area contributed by atoms with Gasteiger partial charge < -0.3 is 14.4 Å². The molecule has 0 spiro atoms. The molecule has 3 aliphatic rings. The highest BCUT2D eigenvalue weighted by Gasteiger charge is 2.29. The Balaban J connectivity index is 1.52. The SMILES string of the molecule is CCN1CCC[C@@H]1CN(C[C@H]1CC=CCC1)C(=O)c1ccc2c(c1)OCO2. The van der Waals surface area contributed by atoms with Crippen LogP contribution < -0.4 is 9.47 Å². The maximum absolute atomic E-state index is 13.4. The maximum Gasteiger partial charge on any atom is 0.254 e. The van der Waals surface area contributed by atoms with Crippen molar-refractivity contribution in [3.8, 4) is 11.5 Å². The summed E-state index contributed by atoms with van der Waals surface area (Å²) in [6.07, 6.45) is 10.3. The molecule has 0 N–H and O–H groups in total. The number of rotatable bonds is 6. The van der Waals surface area contributed by atoms with Crippen LogP contribution in [0.2, 0.25) is 0 Å². The van der Waals surface area contributed by atoms with E-state index in [1.807, 2.05) is 18.2 Å². The van der Waals surface area contributed by atoms with Crippen LogP contribution >= 0.6 is 0 Å². The highest BCUT2D eigenvalue weighted by atomic mass is 16.7. The fourth-order valence-corrected chi connectivity index (χ4v) is 4.56. The molecule has 0 bridgehead atoms. The van der Waals surface area contributed by atoms with Crippen molar-refractivity contribution in [2.24, 2.45) is 5.92 Å². The lowest BCUT2D eigenvalue weighted by Gasteiger charge is -2.33. The number of fused-ring (bicyclic) bond motifs is 1. The number of carbonyl (C=O) groups is 1. The summed E-state index contributed by atoms with van der Waals surface area (Å²) in [5.41, 5.74) is 0.701. The van der Waals surface area contributed by atoms with E-state index in [0.717, 1.165) is 44.8 Å². The fraction of sp³-hybridized carbons (Fsp3) is 0.591. The normalized spacial score (nSPS) is 24.3. The zero-order valence-electron chi connectivity index (χ0n) is 16.2. The van der Waals surface area contributed by atoms with Crippen LogP contribution in [-0.2, 0) is 0 Å². The summed E-state index contributed by atoms with van der Waals surface area (Å²) in [4.78, 5) is 18.0. The van der Waals surface area contributed by atoms with E-state index in [2.05, 4.69) is 28.9 Å². The molecule has 1 aliphatic carbocycles. The number of carbonyl (C=O) groups excluding carboxylic acids is 1. The molecule has 5 heteroatoms. The molecule has 1 saturated heterocycles. The third-order valence-electron chi connectivity index (χ3n) is 6.10. The summed E-state index contributed by atoms with van der Waals surface area (Å²) in [6.45, 7) is 6.32. The monoisotopic (exact) mass is 370 g/mol. The van der Waals surface area contributed by atoms with E-state index < -0.39 is 0 Å². The largest absolute Gasteiger partial charge is 0.454 e. The molecule has 1 aromatic rings. The summed E-state index contributed by atoms with van der Waals surface area (Å²) < 4.78 is 10.9. The minimum absolute atomic E-state index is 0.116. The quantitative estimate of drug-likeness (QED) is 0.716. The molecule has 0 aromatic heterocycles. The molecule has 146 valence electrons. The van der Waals surface area contributed by atoms with Gasteiger partial charge in [0, 0.05) is 24.7 Å². The Morgan fingerprint density at radius 3 is 2.89 bits per heavy atom. The van der Waals surface area contributed by atoms with E-state index >= 15 is 0 Å². The zero-order valence-corrected chi connectivity index (χ0v) is 16.2. The minimum Gasteiger partial charge on any atom is -0.454 e. The number of likely N-dealkylation sites (tertiary alicyclic amines) is 1. The van der Waals surface area contributed by atoms with Crippen LogP contribution in [0, 0.1) is 5.92 Å². The molecule has 0 radical (unpaired) electrons. The molecule has 0 saturated carbocycles. The van der Waals surface area contributed by atoms with Gasteiger partial charge in [0.2, 0.25) is 6.79 Å². The molecule has 4 rings (SSSR count). The Morgan fingerprint density at radius 1 is 1.19 bits per heavy atom. The first-order valence-corrected chi connectivity index (χ1v) is 10.3. The first-order valence-electron chi connectivity index (χ1n) is 10.3. The van der Waals surface area contributed by atoms with Crippen molar-refractivity contribution in [3.05, 3.63) is 35.9 Å². The lowest BCUT2D eigenvalue weighted by Crippen LogP contribution is -2.45. The molecule has 0 unspecified atom stereocenters. The van der Waals surface area contributed by atoms with Gasteiger partial charge in [-0.15, -0.1) is 0 Å². The summed E-state index contributed by atoms with van der Waals surface area (Å²) in [7, 11) is 0. The Morgan fingerprint density at radius 2 is 2.07 bits per heavy atom. The van der Waals surface area contributed by atoms with Crippen LogP contribution in [0.5, 0.6) is 11.5 Å². The molecular formula is C22H30N2O3. The van der Waals surface area contributed by atoms with Gasteiger partial charge in [-0.25, -0.2) is 0 Å². The number of benzene rings is 1.